The Kier molecular flexibility index (Phi) is 4.32. The number of ether oxygens (including phenoxy) is 3. The van der Waals surface area contributed by atoms with Crippen LogP contribution in [0.25, 0.3) is 0 Å². The predicted octanol–water partition coefficient (Wildman–Crippen LogP) is 2.23. The zero-order chi connectivity index (χ0) is 13.9. The summed E-state index contributed by atoms with van der Waals surface area (Å²) in [6, 6.07) is 4.07. The van der Waals surface area contributed by atoms with Crippen LogP contribution in [0.5, 0.6) is 11.5 Å². The van der Waals surface area contributed by atoms with Gasteiger partial charge in [0.2, 0.25) is 0 Å². The molecule has 0 bridgehead atoms. The normalized spacial score (nSPS) is 16.8. The number of rotatable bonds is 6. The lowest BCUT2D eigenvalue weighted by Crippen LogP contribution is -2.41. The van der Waals surface area contributed by atoms with Gasteiger partial charge in [0.15, 0.2) is 0 Å². The monoisotopic (exact) mass is 265 g/mol. The second kappa shape index (κ2) is 5.80. The summed E-state index contributed by atoms with van der Waals surface area (Å²) in [4.78, 5) is 0. The van der Waals surface area contributed by atoms with Gasteiger partial charge >= 0.3 is 0 Å². The third-order valence-corrected chi connectivity index (χ3v) is 4.20. The highest BCUT2D eigenvalue weighted by Gasteiger charge is 2.40. The minimum atomic E-state index is 0.0695. The molecule has 1 aromatic carbocycles. The Morgan fingerprint density at radius 3 is 2.32 bits per heavy atom. The van der Waals surface area contributed by atoms with Crippen LogP contribution in [0.4, 0.5) is 0 Å². The largest absolute Gasteiger partial charge is 0.496 e. The van der Waals surface area contributed by atoms with E-state index < -0.39 is 0 Å². The minimum Gasteiger partial charge on any atom is -0.496 e. The second-order valence-corrected chi connectivity index (χ2v) is 5.10. The molecule has 0 amide bonds. The summed E-state index contributed by atoms with van der Waals surface area (Å²) in [6.07, 6.45) is 3.48. The summed E-state index contributed by atoms with van der Waals surface area (Å²) in [6.45, 7) is 1.13. The average molecular weight is 265 g/mol. The number of nitrogens with two attached hydrogens (primary N) is 1. The molecule has 0 unspecified atom stereocenters. The fraction of sp³-hybridized carbons (Fsp3) is 0.600. The molecule has 2 rings (SSSR count). The smallest absolute Gasteiger partial charge is 0.131 e. The molecule has 0 radical (unpaired) electrons. The Bertz CT molecular complexity index is 436. The van der Waals surface area contributed by atoms with E-state index in [-0.39, 0.29) is 5.41 Å². The number of methoxy groups -OCH3 is 3. The Morgan fingerprint density at radius 1 is 1.16 bits per heavy atom. The van der Waals surface area contributed by atoms with Gasteiger partial charge in [-0.25, -0.2) is 0 Å². The molecule has 0 spiro atoms. The molecule has 1 fully saturated rings. The molecular formula is C15H23NO3. The van der Waals surface area contributed by atoms with Crippen molar-refractivity contribution in [2.75, 3.05) is 27.9 Å². The van der Waals surface area contributed by atoms with Crippen molar-refractivity contribution in [2.24, 2.45) is 5.73 Å². The highest BCUT2D eigenvalue weighted by Crippen LogP contribution is 2.48. The van der Waals surface area contributed by atoms with Crippen LogP contribution in [0.2, 0.25) is 0 Å². The van der Waals surface area contributed by atoms with E-state index in [1.165, 1.54) is 12.0 Å². The first-order valence-corrected chi connectivity index (χ1v) is 6.65. The molecule has 1 aliphatic rings. The van der Waals surface area contributed by atoms with E-state index in [1.54, 1.807) is 21.3 Å². The van der Waals surface area contributed by atoms with E-state index in [9.17, 15) is 0 Å². The quantitative estimate of drug-likeness (QED) is 0.857. The van der Waals surface area contributed by atoms with Crippen LogP contribution >= 0.6 is 0 Å². The van der Waals surface area contributed by atoms with E-state index >= 15 is 0 Å². The Hall–Kier alpha value is -1.26. The maximum atomic E-state index is 6.00. The Balaban J connectivity index is 2.52. The average Bonchev–Trinajstić information content (AvgIpc) is 2.39. The molecule has 1 aliphatic carbocycles. The topological polar surface area (TPSA) is 53.7 Å². The van der Waals surface area contributed by atoms with Gasteiger partial charge in [-0.3, -0.25) is 0 Å². The van der Waals surface area contributed by atoms with E-state index in [1.807, 2.05) is 6.07 Å². The van der Waals surface area contributed by atoms with Crippen molar-refractivity contribution in [2.45, 2.75) is 31.3 Å². The van der Waals surface area contributed by atoms with Crippen molar-refractivity contribution in [3.8, 4) is 11.5 Å². The van der Waals surface area contributed by atoms with Crippen molar-refractivity contribution in [3.63, 3.8) is 0 Å². The lowest BCUT2D eigenvalue weighted by atomic mass is 9.64. The van der Waals surface area contributed by atoms with Crippen LogP contribution in [0.15, 0.2) is 12.1 Å². The standard InChI is InChI=1S/C15H23NO3/c1-17-9-11-13(18-2)6-5-12(14(11)19-3)15(10-16)7-4-8-15/h5-6H,4,7-10,16H2,1-3H3. The third kappa shape index (κ3) is 2.30. The molecular weight excluding hydrogens is 242 g/mol. The Labute approximate surface area is 114 Å². The van der Waals surface area contributed by atoms with Crippen LogP contribution in [-0.2, 0) is 16.8 Å². The van der Waals surface area contributed by atoms with Crippen LogP contribution < -0.4 is 15.2 Å². The molecule has 19 heavy (non-hydrogen) atoms. The molecule has 0 heterocycles. The van der Waals surface area contributed by atoms with Crippen molar-refractivity contribution in [3.05, 3.63) is 23.3 Å². The fourth-order valence-electron chi connectivity index (χ4n) is 2.92. The maximum Gasteiger partial charge on any atom is 0.131 e. The van der Waals surface area contributed by atoms with Crippen molar-refractivity contribution in [1.82, 2.24) is 0 Å². The first kappa shape index (κ1) is 14.2. The lowest BCUT2D eigenvalue weighted by molar-refractivity contribution is 0.176. The van der Waals surface area contributed by atoms with E-state index in [0.717, 1.165) is 29.9 Å². The van der Waals surface area contributed by atoms with Gasteiger partial charge in [-0.15, -0.1) is 0 Å². The second-order valence-electron chi connectivity index (χ2n) is 5.10. The summed E-state index contributed by atoms with van der Waals surface area (Å²) in [5.41, 5.74) is 8.22. The van der Waals surface area contributed by atoms with Gasteiger partial charge in [0.05, 0.1) is 26.4 Å². The van der Waals surface area contributed by atoms with Crippen molar-refractivity contribution < 1.29 is 14.2 Å². The highest BCUT2D eigenvalue weighted by atomic mass is 16.5. The summed E-state index contributed by atoms with van der Waals surface area (Å²) < 4.78 is 16.3. The van der Waals surface area contributed by atoms with Gasteiger partial charge < -0.3 is 19.9 Å². The summed E-state index contributed by atoms with van der Waals surface area (Å²) in [5, 5.41) is 0. The van der Waals surface area contributed by atoms with E-state index in [0.29, 0.717) is 13.2 Å². The van der Waals surface area contributed by atoms with Crippen LogP contribution in [0.3, 0.4) is 0 Å². The number of hydrogen-bond donors (Lipinski definition) is 1. The third-order valence-electron chi connectivity index (χ3n) is 4.20. The summed E-state index contributed by atoms with van der Waals surface area (Å²) in [5.74, 6) is 1.67. The van der Waals surface area contributed by atoms with Crippen LogP contribution in [0.1, 0.15) is 30.4 Å². The molecule has 4 heteroatoms. The molecule has 0 aliphatic heterocycles. The number of hydrogen-bond acceptors (Lipinski definition) is 4. The van der Waals surface area contributed by atoms with Crippen molar-refractivity contribution in [1.29, 1.82) is 0 Å². The maximum absolute atomic E-state index is 6.00. The van der Waals surface area contributed by atoms with E-state index in [2.05, 4.69) is 6.07 Å². The predicted molar refractivity (Wildman–Crippen MR) is 74.8 cm³/mol. The molecule has 4 nitrogen and oxygen atoms in total. The molecule has 0 aromatic heterocycles. The molecule has 1 aromatic rings. The van der Waals surface area contributed by atoms with Gasteiger partial charge in [0.1, 0.15) is 11.5 Å². The molecule has 0 saturated heterocycles. The first-order valence-electron chi connectivity index (χ1n) is 6.65. The molecule has 1 saturated carbocycles. The van der Waals surface area contributed by atoms with Gasteiger partial charge in [-0.05, 0) is 18.9 Å². The fourth-order valence-corrected chi connectivity index (χ4v) is 2.92. The van der Waals surface area contributed by atoms with Gasteiger partial charge in [-0.1, -0.05) is 12.5 Å². The molecule has 106 valence electrons. The zero-order valence-corrected chi connectivity index (χ0v) is 12.0. The van der Waals surface area contributed by atoms with Gasteiger partial charge in [-0.2, -0.15) is 0 Å². The SMILES string of the molecule is COCc1c(OC)ccc(C2(CN)CCC2)c1OC. The van der Waals surface area contributed by atoms with E-state index in [4.69, 9.17) is 19.9 Å². The molecule has 0 atom stereocenters. The summed E-state index contributed by atoms with van der Waals surface area (Å²) >= 11 is 0. The van der Waals surface area contributed by atoms with Gasteiger partial charge in [0, 0.05) is 24.6 Å². The lowest BCUT2D eigenvalue weighted by Gasteiger charge is -2.42. The molecule has 2 N–H and O–H groups in total. The summed E-state index contributed by atoms with van der Waals surface area (Å²) in [7, 11) is 5.03. The first-order chi connectivity index (χ1) is 9.22. The number of benzene rings is 1. The zero-order valence-electron chi connectivity index (χ0n) is 12.0. The Morgan fingerprint density at radius 2 is 1.89 bits per heavy atom. The highest BCUT2D eigenvalue weighted by molar-refractivity contribution is 5.53. The minimum absolute atomic E-state index is 0.0695. The van der Waals surface area contributed by atoms with Crippen LogP contribution in [-0.4, -0.2) is 27.9 Å². The van der Waals surface area contributed by atoms with Crippen LogP contribution in [0, 0.1) is 0 Å². The van der Waals surface area contributed by atoms with Gasteiger partial charge in [0.25, 0.3) is 0 Å². The van der Waals surface area contributed by atoms with Crippen molar-refractivity contribution >= 4 is 0 Å².